The summed E-state index contributed by atoms with van der Waals surface area (Å²) in [5, 5.41) is 2.71. The number of fused-ring (bicyclic) bond motifs is 1. The molecule has 4 rings (SSSR count). The smallest absolute Gasteiger partial charge is 0.261 e. The van der Waals surface area contributed by atoms with Crippen LogP contribution in [0, 0.1) is 12.3 Å². The van der Waals surface area contributed by atoms with Gasteiger partial charge in [-0.05, 0) is 54.4 Å². The first-order valence-electron chi connectivity index (χ1n) is 11.9. The Morgan fingerprint density at radius 3 is 2.00 bits per heavy atom. The van der Waals surface area contributed by atoms with E-state index in [4.69, 9.17) is 10.8 Å². The predicted molar refractivity (Wildman–Crippen MR) is 133 cm³/mol. The highest BCUT2D eigenvalue weighted by molar-refractivity contribution is 6.99. The van der Waals surface area contributed by atoms with Crippen molar-refractivity contribution in [3.8, 4) is 12.3 Å². The summed E-state index contributed by atoms with van der Waals surface area (Å²) in [7, 11) is -2.55. The molecule has 2 saturated heterocycles. The van der Waals surface area contributed by atoms with E-state index in [0.29, 0.717) is 12.1 Å². The fourth-order valence-electron chi connectivity index (χ4n) is 6.04. The quantitative estimate of drug-likeness (QED) is 0.501. The Hall–Kier alpha value is -1.86. The molecular formula is C28H37NOSi. The Bertz CT molecular complexity index is 859. The van der Waals surface area contributed by atoms with Crippen LogP contribution in [0.4, 0.5) is 0 Å². The molecule has 0 spiro atoms. The van der Waals surface area contributed by atoms with Gasteiger partial charge in [-0.25, -0.2) is 0 Å². The number of hydrogen-bond acceptors (Lipinski definition) is 2. The average molecular weight is 432 g/mol. The highest BCUT2D eigenvalue weighted by Crippen LogP contribution is 2.41. The van der Waals surface area contributed by atoms with Crippen molar-refractivity contribution in [1.82, 2.24) is 4.90 Å². The van der Waals surface area contributed by atoms with Crippen molar-refractivity contribution in [2.75, 3.05) is 0 Å². The molecule has 2 nitrogen and oxygen atoms in total. The third-order valence-electron chi connectivity index (χ3n) is 7.53. The third-order valence-corrected chi connectivity index (χ3v) is 12.6. The Balaban J connectivity index is 1.78. The van der Waals surface area contributed by atoms with Crippen LogP contribution in [-0.2, 0) is 4.43 Å². The number of benzene rings is 2. The van der Waals surface area contributed by atoms with Gasteiger partial charge in [-0.2, -0.15) is 0 Å². The zero-order valence-electron chi connectivity index (χ0n) is 19.6. The zero-order chi connectivity index (χ0) is 22.1. The van der Waals surface area contributed by atoms with E-state index in [0.717, 1.165) is 12.8 Å². The topological polar surface area (TPSA) is 12.5 Å². The van der Waals surface area contributed by atoms with Crippen molar-refractivity contribution < 1.29 is 4.43 Å². The van der Waals surface area contributed by atoms with E-state index in [-0.39, 0.29) is 17.2 Å². The van der Waals surface area contributed by atoms with Crippen molar-refractivity contribution >= 4 is 18.7 Å². The molecule has 2 aromatic rings. The minimum atomic E-state index is -2.55. The summed E-state index contributed by atoms with van der Waals surface area (Å²) >= 11 is 0. The minimum Gasteiger partial charge on any atom is -0.403 e. The van der Waals surface area contributed by atoms with Gasteiger partial charge in [0.1, 0.15) is 0 Å². The lowest BCUT2D eigenvalue weighted by Crippen LogP contribution is -2.70. The van der Waals surface area contributed by atoms with Gasteiger partial charge in [0.25, 0.3) is 8.32 Å². The molecule has 2 aliphatic rings. The molecule has 0 saturated carbocycles. The first kappa shape index (κ1) is 22.3. The summed E-state index contributed by atoms with van der Waals surface area (Å²) in [4.78, 5) is 2.62. The summed E-state index contributed by atoms with van der Waals surface area (Å²) in [6.07, 6.45) is 12.1. The summed E-state index contributed by atoms with van der Waals surface area (Å²) < 4.78 is 7.50. The standard InChI is InChI=1S/C28H37NOSi/c1-6-23-14-13-15-24-20-21-27(22(2)29(23)24)30-31(28(3,4)5,25-16-9-7-10-17-25)26-18-11-8-12-19-26/h1,7-12,16-19,22-24,27H,13-15,20-21H2,2-5H3/t22-,23-,24+,27+/m0/s1. The maximum atomic E-state index is 7.50. The molecule has 2 aromatic carbocycles. The molecule has 0 aliphatic carbocycles. The average Bonchev–Trinajstić information content (AvgIpc) is 2.78. The number of nitrogens with zero attached hydrogens (tertiary/aromatic N) is 1. The van der Waals surface area contributed by atoms with E-state index in [1.165, 1.54) is 29.6 Å². The van der Waals surface area contributed by atoms with Gasteiger partial charge < -0.3 is 4.43 Å². The van der Waals surface area contributed by atoms with Crippen molar-refractivity contribution in [2.45, 2.75) is 89.1 Å². The normalized spacial score (nSPS) is 27.3. The monoisotopic (exact) mass is 431 g/mol. The molecular weight excluding hydrogens is 394 g/mol. The second-order valence-corrected chi connectivity index (χ2v) is 14.6. The van der Waals surface area contributed by atoms with Crippen LogP contribution in [0.2, 0.25) is 5.04 Å². The summed E-state index contributed by atoms with van der Waals surface area (Å²) in [6, 6.07) is 23.2. The van der Waals surface area contributed by atoms with Gasteiger partial charge in [0.2, 0.25) is 0 Å². The second kappa shape index (κ2) is 8.94. The fourth-order valence-corrected chi connectivity index (χ4v) is 10.8. The third kappa shape index (κ3) is 4.02. The first-order valence-corrected chi connectivity index (χ1v) is 13.8. The number of terminal acetylenes is 1. The van der Waals surface area contributed by atoms with Crippen molar-refractivity contribution in [3.05, 3.63) is 60.7 Å². The largest absolute Gasteiger partial charge is 0.403 e. The lowest BCUT2D eigenvalue weighted by molar-refractivity contribution is -0.0369. The van der Waals surface area contributed by atoms with E-state index in [1.807, 2.05) is 0 Å². The maximum absolute atomic E-state index is 7.50. The molecule has 0 unspecified atom stereocenters. The number of piperidine rings is 2. The van der Waals surface area contributed by atoms with Gasteiger partial charge in [-0.1, -0.05) is 87.4 Å². The van der Waals surface area contributed by atoms with Crippen molar-refractivity contribution in [1.29, 1.82) is 0 Å². The van der Waals surface area contributed by atoms with E-state index >= 15 is 0 Å². The van der Waals surface area contributed by atoms with Gasteiger partial charge in [-0.15, -0.1) is 6.42 Å². The van der Waals surface area contributed by atoms with Gasteiger partial charge >= 0.3 is 0 Å². The highest BCUT2D eigenvalue weighted by Gasteiger charge is 2.53. The zero-order valence-corrected chi connectivity index (χ0v) is 20.6. The molecule has 2 heterocycles. The van der Waals surface area contributed by atoms with Gasteiger partial charge in [-0.3, -0.25) is 4.90 Å². The number of rotatable bonds is 4. The SMILES string of the molecule is C#C[C@H]1CCC[C@@H]2CC[C@@H](O[Si](c3ccccc3)(c3ccccc3)C(C)(C)C)[C@H](C)N21. The van der Waals surface area contributed by atoms with E-state index < -0.39 is 8.32 Å². The van der Waals surface area contributed by atoms with Gasteiger partial charge in [0.15, 0.2) is 0 Å². The molecule has 3 heteroatoms. The van der Waals surface area contributed by atoms with Crippen molar-refractivity contribution in [2.24, 2.45) is 0 Å². The Kier molecular flexibility index (Phi) is 6.44. The van der Waals surface area contributed by atoms with Crippen LogP contribution in [0.5, 0.6) is 0 Å². The van der Waals surface area contributed by atoms with E-state index in [1.54, 1.807) is 0 Å². The molecule has 0 N–H and O–H groups in total. The first-order chi connectivity index (χ1) is 14.9. The molecule has 2 aliphatic heterocycles. The van der Waals surface area contributed by atoms with E-state index in [9.17, 15) is 0 Å². The van der Waals surface area contributed by atoms with Crippen LogP contribution in [0.1, 0.15) is 59.8 Å². The van der Waals surface area contributed by atoms with Crippen LogP contribution in [0.15, 0.2) is 60.7 Å². The molecule has 4 atom stereocenters. The molecule has 164 valence electrons. The van der Waals surface area contributed by atoms with E-state index in [2.05, 4.69) is 99.2 Å². The van der Waals surface area contributed by atoms with Gasteiger partial charge in [0, 0.05) is 12.1 Å². The molecule has 31 heavy (non-hydrogen) atoms. The predicted octanol–water partition coefficient (Wildman–Crippen LogP) is 4.97. The van der Waals surface area contributed by atoms with Crippen LogP contribution in [0.25, 0.3) is 0 Å². The second-order valence-electron chi connectivity index (χ2n) is 10.4. The summed E-state index contributed by atoms with van der Waals surface area (Å²) in [5.41, 5.74) is 0. The molecule has 0 radical (unpaired) electrons. The van der Waals surface area contributed by atoms with Gasteiger partial charge in [0.05, 0.1) is 12.1 Å². The fraction of sp³-hybridized carbons (Fsp3) is 0.500. The van der Waals surface area contributed by atoms with Crippen LogP contribution in [0.3, 0.4) is 0 Å². The summed E-state index contributed by atoms with van der Waals surface area (Å²) in [5.74, 6) is 3.09. The molecule has 2 fully saturated rings. The van der Waals surface area contributed by atoms with Crippen LogP contribution < -0.4 is 10.4 Å². The Morgan fingerprint density at radius 2 is 1.48 bits per heavy atom. The minimum absolute atomic E-state index is 0.000305. The highest BCUT2D eigenvalue weighted by atomic mass is 28.4. The number of hydrogen-bond donors (Lipinski definition) is 0. The molecule has 0 bridgehead atoms. The van der Waals surface area contributed by atoms with Crippen molar-refractivity contribution in [3.63, 3.8) is 0 Å². The van der Waals surface area contributed by atoms with Crippen LogP contribution in [-0.4, -0.2) is 37.4 Å². The lowest BCUT2D eigenvalue weighted by Gasteiger charge is -2.53. The molecule has 0 amide bonds. The molecule has 0 aromatic heterocycles. The Morgan fingerprint density at radius 1 is 0.903 bits per heavy atom. The summed E-state index contributed by atoms with van der Waals surface area (Å²) in [6.45, 7) is 9.44. The Labute approximate surface area is 190 Å². The maximum Gasteiger partial charge on any atom is 0.261 e. The lowest BCUT2D eigenvalue weighted by atomic mass is 9.84. The van der Waals surface area contributed by atoms with Crippen LogP contribution >= 0.6 is 0 Å².